The van der Waals surface area contributed by atoms with Gasteiger partial charge in [-0.3, -0.25) is 4.79 Å². The fraction of sp³-hybridized carbons (Fsp3) is 0.300. The Bertz CT molecular complexity index is 1520. The molecule has 37 heavy (non-hydrogen) atoms. The predicted octanol–water partition coefficient (Wildman–Crippen LogP) is 7.92. The van der Waals surface area contributed by atoms with Gasteiger partial charge in [0.2, 0.25) is 0 Å². The molecule has 0 spiro atoms. The average Bonchev–Trinajstić information content (AvgIpc) is 3.24. The number of pyridine rings is 1. The van der Waals surface area contributed by atoms with Crippen LogP contribution in [0, 0.1) is 11.3 Å². The van der Waals surface area contributed by atoms with Crippen molar-refractivity contribution in [1.29, 1.82) is 0 Å². The van der Waals surface area contributed by atoms with Gasteiger partial charge in [0.15, 0.2) is 0 Å². The second-order valence-electron chi connectivity index (χ2n) is 10.5. The second kappa shape index (κ2) is 10.0. The van der Waals surface area contributed by atoms with Crippen molar-refractivity contribution < 1.29 is 14.3 Å². The Morgan fingerprint density at radius 2 is 1.89 bits per heavy atom. The molecule has 0 fully saturated rings. The quantitative estimate of drug-likeness (QED) is 0.250. The lowest BCUT2D eigenvalue weighted by Crippen LogP contribution is -2.26. The topological polar surface area (TPSA) is 68.3 Å². The number of fused-ring (bicyclic) bond motifs is 2. The van der Waals surface area contributed by atoms with E-state index in [2.05, 4.69) is 42.0 Å². The van der Waals surface area contributed by atoms with E-state index in [4.69, 9.17) is 9.72 Å². The number of thiophene rings is 1. The number of nitrogens with one attached hydrogen (secondary N) is 1. The van der Waals surface area contributed by atoms with Gasteiger partial charge >= 0.3 is 5.97 Å². The number of esters is 1. The average molecular weight is 578 g/mol. The van der Waals surface area contributed by atoms with E-state index in [9.17, 15) is 9.59 Å². The van der Waals surface area contributed by atoms with E-state index in [1.165, 1.54) is 18.4 Å². The molecule has 0 radical (unpaired) electrons. The minimum absolute atomic E-state index is 0.176. The zero-order chi connectivity index (χ0) is 26.3. The minimum Gasteiger partial charge on any atom is -0.465 e. The molecule has 1 amide bonds. The summed E-state index contributed by atoms with van der Waals surface area (Å²) >= 11 is 5.03. The summed E-state index contributed by atoms with van der Waals surface area (Å²) in [4.78, 5) is 32.6. The van der Waals surface area contributed by atoms with E-state index >= 15 is 0 Å². The monoisotopic (exact) mass is 576 g/mol. The summed E-state index contributed by atoms with van der Waals surface area (Å²) in [6.07, 6.45) is 2.71. The number of carbonyl (C=O) groups is 2. The summed E-state index contributed by atoms with van der Waals surface area (Å²) in [6, 6.07) is 17.3. The van der Waals surface area contributed by atoms with Crippen LogP contribution in [0.1, 0.15) is 58.3 Å². The summed E-state index contributed by atoms with van der Waals surface area (Å²) < 4.78 is 6.08. The Morgan fingerprint density at radius 3 is 2.62 bits per heavy atom. The fourth-order valence-electron chi connectivity index (χ4n) is 5.06. The Morgan fingerprint density at radius 1 is 1.11 bits per heavy atom. The molecule has 2 aromatic carbocycles. The van der Waals surface area contributed by atoms with E-state index in [1.807, 2.05) is 54.6 Å². The highest BCUT2D eigenvalue weighted by Crippen LogP contribution is 2.44. The van der Waals surface area contributed by atoms with Gasteiger partial charge in [-0.25, -0.2) is 9.78 Å². The summed E-state index contributed by atoms with van der Waals surface area (Å²) in [5.41, 5.74) is 4.54. The number of benzene rings is 2. The van der Waals surface area contributed by atoms with Gasteiger partial charge in [-0.2, -0.15) is 0 Å². The molecule has 190 valence electrons. The van der Waals surface area contributed by atoms with E-state index in [0.29, 0.717) is 27.7 Å². The van der Waals surface area contributed by atoms with Crippen LogP contribution < -0.4 is 5.32 Å². The molecule has 0 saturated heterocycles. The third kappa shape index (κ3) is 5.07. The summed E-state index contributed by atoms with van der Waals surface area (Å²) in [6.45, 7) is 6.78. The molecule has 1 unspecified atom stereocenters. The molecule has 1 atom stereocenters. The minimum atomic E-state index is -0.406. The molecule has 0 aliphatic heterocycles. The molecule has 2 aromatic heterocycles. The number of aromatic nitrogens is 1. The maximum Gasteiger partial charge on any atom is 0.341 e. The SMILES string of the molecule is COC(=O)c1c(NC(=O)c2cc(-c3cccc(Br)c3)nc3ccccc23)sc2c1CCC(C(C)(C)C)C2. The fourth-order valence-corrected chi connectivity index (χ4v) is 6.77. The first-order valence-electron chi connectivity index (χ1n) is 12.4. The van der Waals surface area contributed by atoms with E-state index in [-0.39, 0.29) is 11.3 Å². The maximum atomic E-state index is 13.8. The third-order valence-corrected chi connectivity index (χ3v) is 8.85. The highest BCUT2D eigenvalue weighted by Gasteiger charge is 2.34. The van der Waals surface area contributed by atoms with Crippen molar-refractivity contribution in [2.24, 2.45) is 11.3 Å². The van der Waals surface area contributed by atoms with Crippen LogP contribution in [0.3, 0.4) is 0 Å². The number of hydrogen-bond acceptors (Lipinski definition) is 5. The Balaban J connectivity index is 1.56. The highest BCUT2D eigenvalue weighted by molar-refractivity contribution is 9.10. The lowest BCUT2D eigenvalue weighted by atomic mass is 9.72. The van der Waals surface area contributed by atoms with Gasteiger partial charge in [0.1, 0.15) is 5.00 Å². The van der Waals surface area contributed by atoms with E-state index in [1.54, 1.807) is 0 Å². The number of ether oxygens (including phenoxy) is 1. The van der Waals surface area contributed by atoms with Crippen molar-refractivity contribution >= 4 is 55.0 Å². The molecule has 4 aromatic rings. The van der Waals surface area contributed by atoms with Gasteiger partial charge in [0.25, 0.3) is 5.91 Å². The van der Waals surface area contributed by atoms with Crippen molar-refractivity contribution in [3.8, 4) is 11.3 Å². The number of halogens is 1. The van der Waals surface area contributed by atoms with Crippen molar-refractivity contribution in [2.45, 2.75) is 40.0 Å². The molecule has 1 N–H and O–H groups in total. The summed E-state index contributed by atoms with van der Waals surface area (Å²) in [5, 5.41) is 4.39. The van der Waals surface area contributed by atoms with Crippen LogP contribution in [0.2, 0.25) is 0 Å². The van der Waals surface area contributed by atoms with Crippen LogP contribution in [0.25, 0.3) is 22.2 Å². The zero-order valence-electron chi connectivity index (χ0n) is 21.4. The van der Waals surface area contributed by atoms with E-state index in [0.717, 1.165) is 50.6 Å². The number of anilines is 1. The summed E-state index contributed by atoms with van der Waals surface area (Å²) in [7, 11) is 1.39. The van der Waals surface area contributed by atoms with Crippen LogP contribution in [-0.2, 0) is 17.6 Å². The van der Waals surface area contributed by atoms with Crippen molar-refractivity contribution in [3.63, 3.8) is 0 Å². The number of hydrogen-bond donors (Lipinski definition) is 1. The number of para-hydroxylation sites is 1. The first-order chi connectivity index (χ1) is 17.7. The largest absolute Gasteiger partial charge is 0.465 e. The van der Waals surface area contributed by atoms with Crippen molar-refractivity contribution in [3.05, 3.63) is 80.6 Å². The number of rotatable bonds is 4. The second-order valence-corrected chi connectivity index (χ2v) is 12.6. The first kappa shape index (κ1) is 25.6. The smallest absolute Gasteiger partial charge is 0.341 e. The van der Waals surface area contributed by atoms with Gasteiger partial charge in [-0.1, -0.05) is 67.0 Å². The van der Waals surface area contributed by atoms with Crippen LogP contribution in [-0.4, -0.2) is 24.0 Å². The number of nitrogens with zero attached hydrogens (tertiary/aromatic N) is 1. The van der Waals surface area contributed by atoms with Crippen molar-refractivity contribution in [2.75, 3.05) is 12.4 Å². The lowest BCUT2D eigenvalue weighted by Gasteiger charge is -2.33. The summed E-state index contributed by atoms with van der Waals surface area (Å²) in [5.74, 6) is -0.160. The number of carbonyl (C=O) groups excluding carboxylic acids is 2. The zero-order valence-corrected chi connectivity index (χ0v) is 23.8. The maximum absolute atomic E-state index is 13.8. The Kier molecular flexibility index (Phi) is 6.94. The standard InChI is InChI=1S/C30H29BrN2O3S/c1-30(2,3)18-12-13-21-25(15-18)37-28(26(21)29(35)36-4)33-27(34)22-16-24(17-8-7-9-19(31)14-17)32-23-11-6-5-10-20(22)23/h5-11,14,16,18H,12-13,15H2,1-4H3,(H,33,34). The Labute approximate surface area is 229 Å². The first-order valence-corrected chi connectivity index (χ1v) is 14.0. The molecule has 5 nitrogen and oxygen atoms in total. The molecule has 0 bridgehead atoms. The predicted molar refractivity (Wildman–Crippen MR) is 153 cm³/mol. The van der Waals surface area contributed by atoms with E-state index < -0.39 is 5.97 Å². The van der Waals surface area contributed by atoms with Gasteiger partial charge in [0.05, 0.1) is 29.4 Å². The highest BCUT2D eigenvalue weighted by atomic mass is 79.9. The molecular weight excluding hydrogens is 548 g/mol. The molecular formula is C30H29BrN2O3S. The normalized spacial score (nSPS) is 15.3. The van der Waals surface area contributed by atoms with Crippen LogP contribution in [0.5, 0.6) is 0 Å². The number of methoxy groups -OCH3 is 1. The van der Waals surface area contributed by atoms with Gasteiger partial charge in [-0.05, 0) is 60.4 Å². The molecule has 0 saturated carbocycles. The van der Waals surface area contributed by atoms with Gasteiger partial charge in [-0.15, -0.1) is 11.3 Å². The van der Waals surface area contributed by atoms with Crippen molar-refractivity contribution in [1.82, 2.24) is 4.98 Å². The lowest BCUT2D eigenvalue weighted by molar-refractivity contribution is 0.0600. The molecule has 1 aliphatic rings. The van der Waals surface area contributed by atoms with Gasteiger partial charge in [0, 0.05) is 20.3 Å². The molecule has 2 heterocycles. The molecule has 7 heteroatoms. The van der Waals surface area contributed by atoms with Crippen LogP contribution in [0.15, 0.2) is 59.1 Å². The molecule has 5 rings (SSSR count). The third-order valence-electron chi connectivity index (χ3n) is 7.19. The van der Waals surface area contributed by atoms with Gasteiger partial charge < -0.3 is 10.1 Å². The number of amides is 1. The van der Waals surface area contributed by atoms with Crippen LogP contribution >= 0.6 is 27.3 Å². The Hall–Kier alpha value is -3.03. The molecule has 1 aliphatic carbocycles. The van der Waals surface area contributed by atoms with Crippen LogP contribution in [0.4, 0.5) is 5.00 Å².